The first kappa shape index (κ1) is 19.0. The third-order valence-electron chi connectivity index (χ3n) is 5.80. The Morgan fingerprint density at radius 2 is 1.43 bits per heavy atom. The normalized spacial score (nSPS) is 29.1. The smallest absolute Gasteiger partial charge is 0.0159 e. The lowest BCUT2D eigenvalue weighted by Crippen LogP contribution is -2.40. The summed E-state index contributed by atoms with van der Waals surface area (Å²) in [6.45, 7) is 15.8. The highest BCUT2D eigenvalue weighted by Gasteiger charge is 2.57. The number of nitrogens with zero attached hydrogens (tertiary/aromatic N) is 2. The van der Waals surface area contributed by atoms with Crippen molar-refractivity contribution in [2.45, 2.75) is 79.2 Å². The Hall–Kier alpha value is -0.0800. The van der Waals surface area contributed by atoms with E-state index in [0.29, 0.717) is 0 Å². The molecule has 21 heavy (non-hydrogen) atoms. The molecule has 2 aliphatic heterocycles. The summed E-state index contributed by atoms with van der Waals surface area (Å²) in [7, 11) is 2.27. The number of likely N-dealkylation sites (tertiary alicyclic amines) is 2. The Balaban J connectivity index is 0.000000510. The lowest BCUT2D eigenvalue weighted by molar-refractivity contribution is 0.124. The SMILES string of the molecule is CC.CC.CCC1CCN(C2CC23CCN(C)CC3)CC1. The Morgan fingerprint density at radius 1 is 0.905 bits per heavy atom. The van der Waals surface area contributed by atoms with Crippen LogP contribution in [0, 0.1) is 11.3 Å². The second-order valence-corrected chi connectivity index (χ2v) is 6.77. The minimum absolute atomic E-state index is 0.756. The van der Waals surface area contributed by atoms with Crippen LogP contribution in [0.4, 0.5) is 0 Å². The molecule has 1 unspecified atom stereocenters. The molecular weight excluding hydrogens is 256 g/mol. The van der Waals surface area contributed by atoms with Gasteiger partial charge in [-0.2, -0.15) is 0 Å². The first-order valence-corrected chi connectivity index (χ1v) is 9.66. The Bertz CT molecular complexity index is 261. The molecule has 3 rings (SSSR count). The molecule has 0 aromatic carbocycles. The third kappa shape index (κ3) is 4.69. The van der Waals surface area contributed by atoms with Crippen LogP contribution in [0.25, 0.3) is 0 Å². The van der Waals surface area contributed by atoms with E-state index in [0.717, 1.165) is 17.4 Å². The third-order valence-corrected chi connectivity index (χ3v) is 5.80. The lowest BCUT2D eigenvalue weighted by atomic mass is 9.90. The summed E-state index contributed by atoms with van der Waals surface area (Å²) >= 11 is 0. The van der Waals surface area contributed by atoms with Gasteiger partial charge < -0.3 is 4.90 Å². The monoisotopic (exact) mass is 296 g/mol. The molecule has 2 heterocycles. The van der Waals surface area contributed by atoms with Crippen molar-refractivity contribution in [3.63, 3.8) is 0 Å². The van der Waals surface area contributed by atoms with Gasteiger partial charge >= 0.3 is 0 Å². The Kier molecular flexibility index (Phi) is 8.26. The highest BCUT2D eigenvalue weighted by atomic mass is 15.2. The molecule has 3 aliphatic rings. The van der Waals surface area contributed by atoms with Gasteiger partial charge in [0.15, 0.2) is 0 Å². The molecule has 0 radical (unpaired) electrons. The van der Waals surface area contributed by atoms with E-state index in [-0.39, 0.29) is 0 Å². The van der Waals surface area contributed by atoms with Crippen LogP contribution in [0.1, 0.15) is 73.1 Å². The molecule has 0 aromatic rings. The zero-order valence-electron chi connectivity index (χ0n) is 15.6. The first-order chi connectivity index (χ1) is 10.2. The maximum atomic E-state index is 2.83. The van der Waals surface area contributed by atoms with E-state index in [1.807, 2.05) is 27.7 Å². The summed E-state index contributed by atoms with van der Waals surface area (Å²) in [4.78, 5) is 5.33. The fourth-order valence-corrected chi connectivity index (χ4v) is 4.12. The van der Waals surface area contributed by atoms with Crippen molar-refractivity contribution in [3.8, 4) is 0 Å². The highest BCUT2D eigenvalue weighted by molar-refractivity contribution is 5.10. The number of hydrogen-bond donors (Lipinski definition) is 0. The molecule has 1 saturated carbocycles. The van der Waals surface area contributed by atoms with Crippen molar-refractivity contribution in [1.29, 1.82) is 0 Å². The molecule has 0 N–H and O–H groups in total. The van der Waals surface area contributed by atoms with Gasteiger partial charge in [0.05, 0.1) is 0 Å². The van der Waals surface area contributed by atoms with Crippen LogP contribution in [0.2, 0.25) is 0 Å². The van der Waals surface area contributed by atoms with Crippen molar-refractivity contribution in [2.75, 3.05) is 33.2 Å². The van der Waals surface area contributed by atoms with Crippen molar-refractivity contribution >= 4 is 0 Å². The Labute approximate surface area is 134 Å². The van der Waals surface area contributed by atoms with E-state index in [4.69, 9.17) is 0 Å². The zero-order chi connectivity index (χ0) is 15.9. The van der Waals surface area contributed by atoms with Gasteiger partial charge in [0.1, 0.15) is 0 Å². The van der Waals surface area contributed by atoms with E-state index in [9.17, 15) is 0 Å². The quantitative estimate of drug-likeness (QED) is 0.732. The fraction of sp³-hybridized carbons (Fsp3) is 1.00. The van der Waals surface area contributed by atoms with Crippen molar-refractivity contribution < 1.29 is 0 Å². The van der Waals surface area contributed by atoms with Gasteiger partial charge in [-0.3, -0.25) is 4.90 Å². The van der Waals surface area contributed by atoms with Crippen LogP contribution >= 0.6 is 0 Å². The summed E-state index contributed by atoms with van der Waals surface area (Å²) < 4.78 is 0. The molecule has 0 amide bonds. The van der Waals surface area contributed by atoms with E-state index < -0.39 is 0 Å². The average molecular weight is 297 g/mol. The van der Waals surface area contributed by atoms with Gasteiger partial charge in [-0.05, 0) is 76.7 Å². The van der Waals surface area contributed by atoms with Crippen LogP contribution in [0.15, 0.2) is 0 Å². The van der Waals surface area contributed by atoms with Gasteiger partial charge in [-0.1, -0.05) is 41.0 Å². The summed E-state index contributed by atoms with van der Waals surface area (Å²) in [5.41, 5.74) is 0.756. The van der Waals surface area contributed by atoms with Gasteiger partial charge in [0, 0.05) is 6.04 Å². The van der Waals surface area contributed by atoms with Crippen LogP contribution in [0.3, 0.4) is 0 Å². The number of rotatable bonds is 2. The number of piperidine rings is 2. The minimum atomic E-state index is 0.756. The fourth-order valence-electron chi connectivity index (χ4n) is 4.12. The van der Waals surface area contributed by atoms with Crippen LogP contribution in [-0.2, 0) is 0 Å². The average Bonchev–Trinajstić information content (AvgIpc) is 3.28. The molecule has 126 valence electrons. The van der Waals surface area contributed by atoms with Crippen molar-refractivity contribution in [3.05, 3.63) is 0 Å². The van der Waals surface area contributed by atoms with E-state index >= 15 is 0 Å². The maximum absolute atomic E-state index is 2.83. The largest absolute Gasteiger partial charge is 0.306 e. The molecule has 0 aromatic heterocycles. The van der Waals surface area contributed by atoms with Gasteiger partial charge in [-0.15, -0.1) is 0 Å². The first-order valence-electron chi connectivity index (χ1n) is 9.66. The van der Waals surface area contributed by atoms with Crippen LogP contribution in [-0.4, -0.2) is 49.1 Å². The summed E-state index contributed by atoms with van der Waals surface area (Å²) in [5.74, 6) is 1.03. The van der Waals surface area contributed by atoms with Gasteiger partial charge in [0.25, 0.3) is 0 Å². The Morgan fingerprint density at radius 3 is 1.90 bits per heavy atom. The van der Waals surface area contributed by atoms with Crippen molar-refractivity contribution in [2.24, 2.45) is 11.3 Å². The summed E-state index contributed by atoms with van der Waals surface area (Å²) in [5, 5.41) is 0. The predicted octanol–water partition coefficient (Wildman–Crippen LogP) is 4.65. The summed E-state index contributed by atoms with van der Waals surface area (Å²) in [6, 6.07) is 0.967. The van der Waals surface area contributed by atoms with Crippen molar-refractivity contribution in [1.82, 2.24) is 9.80 Å². The highest BCUT2D eigenvalue weighted by Crippen LogP contribution is 2.57. The molecule has 1 spiro atoms. The molecule has 1 atom stereocenters. The molecule has 2 saturated heterocycles. The molecule has 3 fully saturated rings. The predicted molar refractivity (Wildman–Crippen MR) is 94.9 cm³/mol. The summed E-state index contributed by atoms with van der Waals surface area (Å²) in [6.07, 6.45) is 8.75. The van der Waals surface area contributed by atoms with Gasteiger partial charge in [0.2, 0.25) is 0 Å². The second kappa shape index (κ2) is 9.15. The molecule has 0 bridgehead atoms. The molecule has 2 heteroatoms. The minimum Gasteiger partial charge on any atom is -0.306 e. The molecule has 1 aliphatic carbocycles. The standard InChI is InChI=1S/C15H28N2.2C2H6/c1-3-13-4-8-17(9-5-13)14-12-15(14)6-10-16(2)11-7-15;2*1-2/h13-14H,3-12H2,1-2H3;2*1-2H3. The zero-order valence-corrected chi connectivity index (χ0v) is 15.6. The second-order valence-electron chi connectivity index (χ2n) is 6.77. The van der Waals surface area contributed by atoms with Crippen LogP contribution in [0.5, 0.6) is 0 Å². The molecular formula is C19H40N2. The van der Waals surface area contributed by atoms with E-state index in [1.165, 1.54) is 64.7 Å². The lowest BCUT2D eigenvalue weighted by Gasteiger charge is -2.36. The van der Waals surface area contributed by atoms with Gasteiger partial charge in [-0.25, -0.2) is 0 Å². The van der Waals surface area contributed by atoms with Crippen LogP contribution < -0.4 is 0 Å². The number of hydrogen-bond acceptors (Lipinski definition) is 2. The maximum Gasteiger partial charge on any atom is 0.0159 e. The van der Waals surface area contributed by atoms with E-state index in [2.05, 4.69) is 23.8 Å². The molecule has 2 nitrogen and oxygen atoms in total. The topological polar surface area (TPSA) is 6.48 Å². The van der Waals surface area contributed by atoms with E-state index in [1.54, 1.807) is 0 Å².